The Morgan fingerprint density at radius 3 is 2.71 bits per heavy atom. The van der Waals surface area contributed by atoms with Crippen LogP contribution < -0.4 is 10.5 Å². The lowest BCUT2D eigenvalue weighted by Crippen LogP contribution is -2.61. The fourth-order valence-corrected chi connectivity index (χ4v) is 3.08. The molecule has 0 spiro atoms. The molecule has 1 saturated carbocycles. The van der Waals surface area contributed by atoms with Gasteiger partial charge in [-0.05, 0) is 37.3 Å². The zero-order valence-corrected chi connectivity index (χ0v) is 9.98. The molecular weight excluding hydrogens is 214 g/mol. The van der Waals surface area contributed by atoms with Gasteiger partial charge < -0.3 is 15.6 Å². The topological polar surface area (TPSA) is 55.5 Å². The molecule has 3 heteroatoms. The van der Waals surface area contributed by atoms with Gasteiger partial charge in [0.2, 0.25) is 0 Å². The first-order valence-electron chi connectivity index (χ1n) is 6.32. The molecule has 3 N–H and O–H groups in total. The van der Waals surface area contributed by atoms with Gasteiger partial charge in [0.25, 0.3) is 0 Å². The highest BCUT2D eigenvalue weighted by Gasteiger charge is 2.54. The minimum Gasteiger partial charge on any atom is -0.493 e. The molecule has 0 saturated heterocycles. The fourth-order valence-electron chi connectivity index (χ4n) is 3.08. The Labute approximate surface area is 102 Å². The molecule has 0 radical (unpaired) electrons. The van der Waals surface area contributed by atoms with Crippen molar-refractivity contribution in [2.45, 2.75) is 31.3 Å². The van der Waals surface area contributed by atoms with Crippen LogP contribution in [0.2, 0.25) is 0 Å². The van der Waals surface area contributed by atoms with E-state index >= 15 is 0 Å². The lowest BCUT2D eigenvalue weighted by molar-refractivity contribution is -0.154. The van der Waals surface area contributed by atoms with E-state index in [9.17, 15) is 5.11 Å². The molecule has 1 aliphatic heterocycles. The smallest absolute Gasteiger partial charge is 0.122 e. The Morgan fingerprint density at radius 1 is 1.29 bits per heavy atom. The number of ether oxygens (including phenoxy) is 1. The van der Waals surface area contributed by atoms with Crippen molar-refractivity contribution in [3.8, 4) is 5.75 Å². The maximum absolute atomic E-state index is 10.7. The Hall–Kier alpha value is -1.06. The molecule has 1 heterocycles. The summed E-state index contributed by atoms with van der Waals surface area (Å²) in [5, 5.41) is 10.7. The number of hydrogen-bond donors (Lipinski definition) is 2. The summed E-state index contributed by atoms with van der Waals surface area (Å²) in [6, 6.07) is 8.05. The molecular formula is C14H19NO2. The van der Waals surface area contributed by atoms with E-state index in [2.05, 4.69) is 6.07 Å². The lowest BCUT2D eigenvalue weighted by Gasteiger charge is -2.53. The van der Waals surface area contributed by atoms with E-state index in [4.69, 9.17) is 10.5 Å². The van der Waals surface area contributed by atoms with Crippen LogP contribution in [0, 0.1) is 5.41 Å². The van der Waals surface area contributed by atoms with Crippen LogP contribution in [0.5, 0.6) is 5.75 Å². The van der Waals surface area contributed by atoms with Crippen molar-refractivity contribution in [1.29, 1.82) is 0 Å². The summed E-state index contributed by atoms with van der Waals surface area (Å²) in [7, 11) is 0. The van der Waals surface area contributed by atoms with E-state index in [1.54, 1.807) is 0 Å². The van der Waals surface area contributed by atoms with E-state index in [0.29, 0.717) is 13.2 Å². The lowest BCUT2D eigenvalue weighted by atomic mass is 9.58. The first-order valence-corrected chi connectivity index (χ1v) is 6.32. The van der Waals surface area contributed by atoms with Gasteiger partial charge in [-0.1, -0.05) is 18.2 Å². The summed E-state index contributed by atoms with van der Waals surface area (Å²) in [5.74, 6) is 0.944. The van der Waals surface area contributed by atoms with Crippen LogP contribution >= 0.6 is 0 Å². The van der Waals surface area contributed by atoms with Crippen molar-refractivity contribution in [3.63, 3.8) is 0 Å². The second kappa shape index (κ2) is 3.72. The number of benzene rings is 1. The van der Waals surface area contributed by atoms with Crippen molar-refractivity contribution in [3.05, 3.63) is 29.8 Å². The van der Waals surface area contributed by atoms with Gasteiger partial charge in [0.05, 0.1) is 12.2 Å². The van der Waals surface area contributed by atoms with Crippen LogP contribution in [0.15, 0.2) is 24.3 Å². The summed E-state index contributed by atoms with van der Waals surface area (Å²) in [5.41, 5.74) is 6.21. The average molecular weight is 233 g/mol. The van der Waals surface area contributed by atoms with E-state index in [1.807, 2.05) is 18.2 Å². The van der Waals surface area contributed by atoms with E-state index < -0.39 is 5.60 Å². The average Bonchev–Trinajstić information content (AvgIpc) is 2.35. The maximum atomic E-state index is 10.7. The van der Waals surface area contributed by atoms with Gasteiger partial charge in [0.1, 0.15) is 5.75 Å². The minimum absolute atomic E-state index is 0.292. The molecule has 1 atom stereocenters. The Morgan fingerprint density at radius 2 is 2.06 bits per heavy atom. The molecule has 0 bridgehead atoms. The molecule has 1 fully saturated rings. The summed E-state index contributed by atoms with van der Waals surface area (Å²) in [6.07, 6.45) is 3.64. The van der Waals surface area contributed by atoms with Crippen LogP contribution in [-0.2, 0) is 6.42 Å². The van der Waals surface area contributed by atoms with Gasteiger partial charge >= 0.3 is 0 Å². The molecule has 3 rings (SSSR count). The SMILES string of the molecule is NCC1(C2(O)CCC2)COc2ccccc2C1. The third kappa shape index (κ3) is 1.49. The second-order valence-electron chi connectivity index (χ2n) is 5.44. The first kappa shape index (κ1) is 11.1. The highest BCUT2D eigenvalue weighted by molar-refractivity contribution is 5.37. The van der Waals surface area contributed by atoms with Crippen LogP contribution in [-0.4, -0.2) is 23.9 Å². The van der Waals surface area contributed by atoms with Crippen molar-refractivity contribution in [2.24, 2.45) is 11.1 Å². The van der Waals surface area contributed by atoms with Gasteiger partial charge in [-0.15, -0.1) is 0 Å². The normalized spacial score (nSPS) is 30.0. The number of fused-ring (bicyclic) bond motifs is 1. The zero-order valence-electron chi connectivity index (χ0n) is 9.98. The van der Waals surface area contributed by atoms with Crippen LogP contribution in [0.1, 0.15) is 24.8 Å². The summed E-state index contributed by atoms with van der Waals surface area (Å²) >= 11 is 0. The molecule has 3 nitrogen and oxygen atoms in total. The van der Waals surface area contributed by atoms with Crippen molar-refractivity contribution in [2.75, 3.05) is 13.2 Å². The van der Waals surface area contributed by atoms with Gasteiger partial charge in [-0.3, -0.25) is 0 Å². The highest BCUT2D eigenvalue weighted by atomic mass is 16.5. The predicted octanol–water partition coefficient (Wildman–Crippen LogP) is 1.48. The predicted molar refractivity (Wildman–Crippen MR) is 65.9 cm³/mol. The summed E-state index contributed by atoms with van der Waals surface area (Å²) < 4.78 is 5.81. The second-order valence-corrected chi connectivity index (χ2v) is 5.44. The zero-order chi connectivity index (χ0) is 11.9. The number of para-hydroxylation sites is 1. The molecule has 92 valence electrons. The van der Waals surface area contributed by atoms with E-state index in [1.165, 1.54) is 5.56 Å². The van der Waals surface area contributed by atoms with Crippen molar-refractivity contribution in [1.82, 2.24) is 0 Å². The summed E-state index contributed by atoms with van der Waals surface area (Å²) in [4.78, 5) is 0. The summed E-state index contributed by atoms with van der Waals surface area (Å²) in [6.45, 7) is 1.02. The fraction of sp³-hybridized carbons (Fsp3) is 0.571. The molecule has 1 unspecified atom stereocenters. The molecule has 1 aliphatic carbocycles. The monoisotopic (exact) mass is 233 g/mol. The van der Waals surface area contributed by atoms with Crippen molar-refractivity contribution < 1.29 is 9.84 Å². The maximum Gasteiger partial charge on any atom is 0.122 e. The van der Waals surface area contributed by atoms with Gasteiger partial charge in [0, 0.05) is 12.0 Å². The third-order valence-corrected chi connectivity index (χ3v) is 4.56. The first-order chi connectivity index (χ1) is 8.19. The number of nitrogens with two attached hydrogens (primary N) is 1. The van der Waals surface area contributed by atoms with E-state index in [0.717, 1.165) is 31.4 Å². The number of hydrogen-bond acceptors (Lipinski definition) is 3. The minimum atomic E-state index is -0.616. The molecule has 1 aromatic carbocycles. The van der Waals surface area contributed by atoms with Gasteiger partial charge in [-0.2, -0.15) is 0 Å². The van der Waals surface area contributed by atoms with Crippen LogP contribution in [0.4, 0.5) is 0 Å². The number of aliphatic hydroxyl groups is 1. The third-order valence-electron chi connectivity index (χ3n) is 4.56. The highest BCUT2D eigenvalue weighted by Crippen LogP contribution is 2.50. The van der Waals surface area contributed by atoms with Crippen LogP contribution in [0.3, 0.4) is 0 Å². The van der Waals surface area contributed by atoms with Crippen molar-refractivity contribution >= 4 is 0 Å². The van der Waals surface area contributed by atoms with E-state index in [-0.39, 0.29) is 5.41 Å². The molecule has 2 aliphatic rings. The Balaban J connectivity index is 1.95. The molecule has 17 heavy (non-hydrogen) atoms. The standard InChI is InChI=1S/C14H19NO2/c15-9-13(14(16)6-3-7-14)8-11-4-1-2-5-12(11)17-10-13/h1-2,4-5,16H,3,6-10,15H2. The van der Waals surface area contributed by atoms with Gasteiger partial charge in [-0.25, -0.2) is 0 Å². The van der Waals surface area contributed by atoms with Crippen LogP contribution in [0.25, 0.3) is 0 Å². The van der Waals surface area contributed by atoms with Gasteiger partial charge in [0.15, 0.2) is 0 Å². The largest absolute Gasteiger partial charge is 0.493 e. The Kier molecular flexibility index (Phi) is 2.42. The Bertz CT molecular complexity index is 428. The molecule has 1 aromatic rings. The number of rotatable bonds is 2. The quantitative estimate of drug-likeness (QED) is 0.813. The molecule has 0 amide bonds. The molecule has 0 aromatic heterocycles.